The van der Waals surface area contributed by atoms with Crippen LogP contribution in [-0.2, 0) is 6.54 Å². The highest BCUT2D eigenvalue weighted by Gasteiger charge is 2.19. The summed E-state index contributed by atoms with van der Waals surface area (Å²) in [6, 6.07) is 8.56. The van der Waals surface area contributed by atoms with Crippen molar-refractivity contribution in [2.45, 2.75) is 42.4 Å². The summed E-state index contributed by atoms with van der Waals surface area (Å²) in [6.07, 6.45) is 4.14. The number of aryl methyl sites for hydroxylation is 1. The normalized spacial score (nSPS) is 14.4. The van der Waals surface area contributed by atoms with E-state index in [4.69, 9.17) is 0 Å². The zero-order valence-electron chi connectivity index (χ0n) is 11.3. The van der Waals surface area contributed by atoms with E-state index in [1.165, 1.54) is 48.0 Å². The van der Waals surface area contributed by atoms with Gasteiger partial charge in [0.1, 0.15) is 0 Å². The lowest BCUT2D eigenvalue weighted by atomic mass is 10.1. The molecular weight excluding hydrogens is 270 g/mol. The maximum absolute atomic E-state index is 11.3. The van der Waals surface area contributed by atoms with Crippen LogP contribution in [0.25, 0.3) is 0 Å². The molecule has 0 saturated heterocycles. The lowest BCUT2D eigenvalue weighted by molar-refractivity contribution is 0.687. The van der Waals surface area contributed by atoms with Crippen LogP contribution in [0.2, 0.25) is 0 Å². The Morgan fingerprint density at radius 1 is 1.40 bits per heavy atom. The molecule has 5 heteroatoms. The number of aromatic amines is 1. The number of aromatic nitrogens is 2. The molecule has 20 heavy (non-hydrogen) atoms. The Morgan fingerprint density at radius 3 is 2.95 bits per heavy atom. The van der Waals surface area contributed by atoms with Crippen molar-refractivity contribution >= 4 is 11.8 Å². The van der Waals surface area contributed by atoms with Crippen LogP contribution in [0.4, 0.5) is 0 Å². The Morgan fingerprint density at radius 2 is 2.25 bits per heavy atom. The smallest absolute Gasteiger partial charge is 0.251 e. The van der Waals surface area contributed by atoms with Crippen molar-refractivity contribution in [3.05, 3.63) is 51.9 Å². The number of rotatable bonds is 5. The first-order valence-corrected chi connectivity index (χ1v) is 7.58. The van der Waals surface area contributed by atoms with Crippen molar-refractivity contribution in [2.24, 2.45) is 0 Å². The molecule has 1 aromatic carbocycles. The Balaban J connectivity index is 1.71. The molecule has 1 saturated carbocycles. The zero-order chi connectivity index (χ0) is 13.9. The molecule has 1 heterocycles. The molecule has 0 radical (unpaired) electrons. The monoisotopic (exact) mass is 287 g/mol. The standard InChI is InChI=1S/C15H17N3OS/c1-10-8-11(9-17-12-3-4-12)2-5-13(10)20-15-16-7-6-14(19)18-15/h2,5-8,12,17H,3-4,9H2,1H3,(H,16,18,19). The van der Waals surface area contributed by atoms with E-state index >= 15 is 0 Å². The molecule has 0 atom stereocenters. The molecule has 0 amide bonds. The van der Waals surface area contributed by atoms with Crippen molar-refractivity contribution in [2.75, 3.05) is 0 Å². The van der Waals surface area contributed by atoms with E-state index in [9.17, 15) is 4.79 Å². The van der Waals surface area contributed by atoms with E-state index in [-0.39, 0.29) is 5.56 Å². The maximum Gasteiger partial charge on any atom is 0.251 e. The number of nitrogens with zero attached hydrogens (tertiary/aromatic N) is 1. The van der Waals surface area contributed by atoms with Crippen LogP contribution in [0.5, 0.6) is 0 Å². The predicted octanol–water partition coefficient (Wildman–Crippen LogP) is 2.48. The minimum atomic E-state index is -0.120. The summed E-state index contributed by atoms with van der Waals surface area (Å²) in [4.78, 5) is 19.3. The Hall–Kier alpha value is -1.59. The molecule has 1 aliphatic carbocycles. The average molecular weight is 287 g/mol. The minimum Gasteiger partial charge on any atom is -0.310 e. The van der Waals surface area contributed by atoms with Gasteiger partial charge in [-0.3, -0.25) is 4.79 Å². The van der Waals surface area contributed by atoms with Gasteiger partial charge in [0, 0.05) is 29.7 Å². The summed E-state index contributed by atoms with van der Waals surface area (Å²) in [7, 11) is 0. The first kappa shape index (κ1) is 13.4. The first-order chi connectivity index (χ1) is 9.70. The molecule has 0 aliphatic heterocycles. The average Bonchev–Trinajstić information content (AvgIpc) is 3.23. The molecule has 2 aromatic rings. The van der Waals surface area contributed by atoms with Gasteiger partial charge >= 0.3 is 0 Å². The zero-order valence-corrected chi connectivity index (χ0v) is 12.2. The Labute approximate surface area is 122 Å². The molecule has 1 aliphatic rings. The summed E-state index contributed by atoms with van der Waals surface area (Å²) >= 11 is 1.49. The van der Waals surface area contributed by atoms with E-state index in [2.05, 4.69) is 40.4 Å². The minimum absolute atomic E-state index is 0.120. The second-order valence-electron chi connectivity index (χ2n) is 5.10. The fourth-order valence-corrected chi connectivity index (χ4v) is 2.82. The molecule has 1 aromatic heterocycles. The lowest BCUT2D eigenvalue weighted by Crippen LogP contribution is -2.15. The number of H-pyrrole nitrogens is 1. The van der Waals surface area contributed by atoms with Crippen LogP contribution in [0, 0.1) is 6.92 Å². The van der Waals surface area contributed by atoms with Crippen molar-refractivity contribution < 1.29 is 0 Å². The van der Waals surface area contributed by atoms with Crippen LogP contribution in [0.3, 0.4) is 0 Å². The molecule has 0 unspecified atom stereocenters. The fraction of sp³-hybridized carbons (Fsp3) is 0.333. The number of hydrogen-bond donors (Lipinski definition) is 2. The second-order valence-corrected chi connectivity index (χ2v) is 6.13. The maximum atomic E-state index is 11.3. The van der Waals surface area contributed by atoms with E-state index in [0.29, 0.717) is 5.16 Å². The summed E-state index contributed by atoms with van der Waals surface area (Å²) in [6.45, 7) is 3.01. The van der Waals surface area contributed by atoms with Crippen LogP contribution in [0.1, 0.15) is 24.0 Å². The van der Waals surface area contributed by atoms with E-state index in [1.807, 2.05) is 0 Å². The number of benzene rings is 1. The Kier molecular flexibility index (Phi) is 3.89. The van der Waals surface area contributed by atoms with Crippen molar-refractivity contribution in [3.8, 4) is 0 Å². The van der Waals surface area contributed by atoms with Gasteiger partial charge in [-0.15, -0.1) is 0 Å². The molecule has 4 nitrogen and oxygen atoms in total. The van der Waals surface area contributed by atoms with Crippen LogP contribution in [-0.4, -0.2) is 16.0 Å². The van der Waals surface area contributed by atoms with E-state index in [1.54, 1.807) is 0 Å². The van der Waals surface area contributed by atoms with Crippen LogP contribution < -0.4 is 10.9 Å². The predicted molar refractivity (Wildman–Crippen MR) is 80.0 cm³/mol. The van der Waals surface area contributed by atoms with E-state index < -0.39 is 0 Å². The van der Waals surface area contributed by atoms with Crippen LogP contribution >= 0.6 is 11.8 Å². The van der Waals surface area contributed by atoms with Gasteiger partial charge in [0.15, 0.2) is 5.16 Å². The van der Waals surface area contributed by atoms with Gasteiger partial charge < -0.3 is 10.3 Å². The van der Waals surface area contributed by atoms with Crippen molar-refractivity contribution in [1.82, 2.24) is 15.3 Å². The molecule has 3 rings (SSSR count). The molecule has 0 bridgehead atoms. The van der Waals surface area contributed by atoms with Crippen molar-refractivity contribution in [3.63, 3.8) is 0 Å². The lowest BCUT2D eigenvalue weighted by Gasteiger charge is -2.08. The Bertz CT molecular complexity index is 664. The molecular formula is C15H17N3OS. The molecule has 2 N–H and O–H groups in total. The third-order valence-electron chi connectivity index (χ3n) is 3.27. The highest BCUT2D eigenvalue weighted by Crippen LogP contribution is 2.28. The summed E-state index contributed by atoms with van der Waals surface area (Å²) in [5.74, 6) is 0. The van der Waals surface area contributed by atoms with Gasteiger partial charge in [0.05, 0.1) is 0 Å². The van der Waals surface area contributed by atoms with Crippen LogP contribution in [0.15, 0.2) is 45.3 Å². The van der Waals surface area contributed by atoms with Crippen molar-refractivity contribution in [1.29, 1.82) is 0 Å². The van der Waals surface area contributed by atoms with Gasteiger partial charge in [-0.2, -0.15) is 0 Å². The summed E-state index contributed by atoms with van der Waals surface area (Å²) < 4.78 is 0. The quantitative estimate of drug-likeness (QED) is 0.830. The van der Waals surface area contributed by atoms with Gasteiger partial charge in [0.25, 0.3) is 5.56 Å². The topological polar surface area (TPSA) is 57.8 Å². The van der Waals surface area contributed by atoms with E-state index in [0.717, 1.165) is 17.5 Å². The molecule has 1 fully saturated rings. The van der Waals surface area contributed by atoms with Gasteiger partial charge in [-0.25, -0.2) is 4.98 Å². The highest BCUT2D eigenvalue weighted by molar-refractivity contribution is 7.99. The van der Waals surface area contributed by atoms with Gasteiger partial charge in [-0.1, -0.05) is 23.9 Å². The van der Waals surface area contributed by atoms with Gasteiger partial charge in [0.2, 0.25) is 0 Å². The summed E-state index contributed by atoms with van der Waals surface area (Å²) in [5.41, 5.74) is 2.38. The third kappa shape index (κ3) is 3.49. The number of nitrogens with one attached hydrogen (secondary N) is 2. The second kappa shape index (κ2) is 5.81. The molecule has 0 spiro atoms. The van der Waals surface area contributed by atoms with Gasteiger partial charge in [-0.05, 0) is 37.0 Å². The number of hydrogen-bond acceptors (Lipinski definition) is 4. The molecule has 104 valence electrons. The fourth-order valence-electron chi connectivity index (χ4n) is 1.99. The third-order valence-corrected chi connectivity index (χ3v) is 4.34. The largest absolute Gasteiger partial charge is 0.310 e. The highest BCUT2D eigenvalue weighted by atomic mass is 32.2. The SMILES string of the molecule is Cc1cc(CNC2CC2)ccc1Sc1nccc(=O)[nH]1. The first-order valence-electron chi connectivity index (χ1n) is 6.77. The summed E-state index contributed by atoms with van der Waals surface area (Å²) in [5, 5.41) is 4.14.